The number of carbonyl (C=O) groups excluding carboxylic acids is 1. The van der Waals surface area contributed by atoms with Gasteiger partial charge in [-0.3, -0.25) is 9.48 Å². The zero-order chi connectivity index (χ0) is 17.6. The average Bonchev–Trinajstić information content (AvgIpc) is 2.94. The molecule has 0 atom stereocenters. The first-order valence-corrected chi connectivity index (χ1v) is 10.0. The normalized spacial score (nSPS) is 15.2. The topological polar surface area (TPSA) is 93.5 Å². The third-order valence-corrected chi connectivity index (χ3v) is 5.25. The number of methoxy groups -OCH3 is 1. The number of fused-ring (bicyclic) bond motifs is 1. The van der Waals surface area contributed by atoms with E-state index in [4.69, 9.17) is 4.74 Å². The molecule has 8 nitrogen and oxygen atoms in total. The first-order chi connectivity index (χ1) is 11.4. The third kappa shape index (κ3) is 5.57. The molecular weight excluding hydrogens is 332 g/mol. The van der Waals surface area contributed by atoms with Crippen LogP contribution in [0.4, 0.5) is 0 Å². The summed E-state index contributed by atoms with van der Waals surface area (Å²) in [6.07, 6.45) is 4.50. The highest BCUT2D eigenvalue weighted by Crippen LogP contribution is 2.16. The molecule has 1 aliphatic heterocycles. The summed E-state index contributed by atoms with van der Waals surface area (Å²) in [6, 6.07) is 1.86. The zero-order valence-corrected chi connectivity index (χ0v) is 15.1. The highest BCUT2D eigenvalue weighted by molar-refractivity contribution is 7.88. The standard InChI is InChI=1S/C15H26N4O4S/c1-23-9-5-3-4-6-15(20)16-11-13-10-14-12-18(24(2,21)22)7-8-19(14)17-13/h10H,3-9,11-12H2,1-2H3,(H,16,20). The summed E-state index contributed by atoms with van der Waals surface area (Å²) >= 11 is 0. The van der Waals surface area contributed by atoms with Gasteiger partial charge in [0, 0.05) is 26.7 Å². The largest absolute Gasteiger partial charge is 0.385 e. The molecule has 1 aromatic rings. The number of aromatic nitrogens is 2. The van der Waals surface area contributed by atoms with Crippen LogP contribution in [-0.4, -0.2) is 54.9 Å². The van der Waals surface area contributed by atoms with Gasteiger partial charge in [0.1, 0.15) is 0 Å². The van der Waals surface area contributed by atoms with Crippen LogP contribution < -0.4 is 5.32 Å². The summed E-state index contributed by atoms with van der Waals surface area (Å²) < 4.78 is 31.5. The van der Waals surface area contributed by atoms with Crippen molar-refractivity contribution in [1.29, 1.82) is 0 Å². The molecule has 1 amide bonds. The van der Waals surface area contributed by atoms with E-state index in [9.17, 15) is 13.2 Å². The Balaban J connectivity index is 1.77. The lowest BCUT2D eigenvalue weighted by Gasteiger charge is -2.25. The number of hydrogen-bond acceptors (Lipinski definition) is 5. The van der Waals surface area contributed by atoms with Gasteiger partial charge in [0.2, 0.25) is 15.9 Å². The van der Waals surface area contributed by atoms with Gasteiger partial charge in [-0.1, -0.05) is 6.42 Å². The molecule has 0 spiro atoms. The van der Waals surface area contributed by atoms with Crippen molar-refractivity contribution in [3.63, 3.8) is 0 Å². The van der Waals surface area contributed by atoms with Crippen molar-refractivity contribution in [3.05, 3.63) is 17.5 Å². The van der Waals surface area contributed by atoms with Crippen LogP contribution in [0.2, 0.25) is 0 Å². The van der Waals surface area contributed by atoms with Gasteiger partial charge in [0.15, 0.2) is 0 Å². The molecular formula is C15H26N4O4S. The van der Waals surface area contributed by atoms with Gasteiger partial charge in [-0.15, -0.1) is 0 Å². The average molecular weight is 358 g/mol. The second-order valence-electron chi connectivity index (χ2n) is 6.03. The first kappa shape index (κ1) is 18.9. The van der Waals surface area contributed by atoms with E-state index in [-0.39, 0.29) is 5.91 Å². The van der Waals surface area contributed by atoms with Gasteiger partial charge in [-0.25, -0.2) is 8.42 Å². The van der Waals surface area contributed by atoms with E-state index in [0.717, 1.165) is 37.3 Å². The van der Waals surface area contributed by atoms with Crippen molar-refractivity contribution < 1.29 is 17.9 Å². The number of rotatable bonds is 9. The van der Waals surface area contributed by atoms with Crippen molar-refractivity contribution in [1.82, 2.24) is 19.4 Å². The SMILES string of the molecule is COCCCCCC(=O)NCc1cc2n(n1)CCN(S(C)(=O)=O)C2. The fourth-order valence-corrected chi connectivity index (χ4v) is 3.44. The van der Waals surface area contributed by atoms with Crippen molar-refractivity contribution in [2.45, 2.75) is 45.3 Å². The fraction of sp³-hybridized carbons (Fsp3) is 0.733. The van der Waals surface area contributed by atoms with Crippen molar-refractivity contribution >= 4 is 15.9 Å². The van der Waals surface area contributed by atoms with Crippen LogP contribution in [0.3, 0.4) is 0 Å². The number of nitrogens with one attached hydrogen (secondary N) is 1. The van der Waals surface area contributed by atoms with E-state index in [0.29, 0.717) is 32.6 Å². The fourth-order valence-electron chi connectivity index (χ4n) is 2.66. The van der Waals surface area contributed by atoms with Gasteiger partial charge in [-0.05, 0) is 18.9 Å². The van der Waals surface area contributed by atoms with Gasteiger partial charge in [0.05, 0.1) is 37.3 Å². The number of unbranched alkanes of at least 4 members (excludes halogenated alkanes) is 2. The van der Waals surface area contributed by atoms with E-state index in [1.54, 1.807) is 7.11 Å². The lowest BCUT2D eigenvalue weighted by Crippen LogP contribution is -2.37. The first-order valence-electron chi connectivity index (χ1n) is 8.16. The van der Waals surface area contributed by atoms with Crippen LogP contribution in [-0.2, 0) is 39.2 Å². The van der Waals surface area contributed by atoms with E-state index in [1.807, 2.05) is 10.7 Å². The minimum atomic E-state index is -3.19. The molecule has 0 unspecified atom stereocenters. The lowest BCUT2D eigenvalue weighted by molar-refractivity contribution is -0.121. The van der Waals surface area contributed by atoms with Crippen LogP contribution in [0.25, 0.3) is 0 Å². The second-order valence-corrected chi connectivity index (χ2v) is 8.01. The zero-order valence-electron chi connectivity index (χ0n) is 14.3. The summed E-state index contributed by atoms with van der Waals surface area (Å²) in [5, 5.41) is 7.29. The van der Waals surface area contributed by atoms with Crippen molar-refractivity contribution in [2.75, 3.05) is 26.5 Å². The Kier molecular flexibility index (Phi) is 6.76. The highest BCUT2D eigenvalue weighted by atomic mass is 32.2. The quantitative estimate of drug-likeness (QED) is 0.648. The molecule has 136 valence electrons. The third-order valence-electron chi connectivity index (χ3n) is 4.00. The monoisotopic (exact) mass is 358 g/mol. The minimum absolute atomic E-state index is 0.0103. The summed E-state index contributed by atoms with van der Waals surface area (Å²) in [5.41, 5.74) is 1.61. The molecule has 0 fully saturated rings. The maximum absolute atomic E-state index is 11.8. The maximum atomic E-state index is 11.8. The summed E-state index contributed by atoms with van der Waals surface area (Å²) in [7, 11) is -1.52. The van der Waals surface area contributed by atoms with Crippen LogP contribution >= 0.6 is 0 Å². The Morgan fingerprint density at radius 3 is 2.83 bits per heavy atom. The number of amides is 1. The van der Waals surface area contributed by atoms with Crippen molar-refractivity contribution in [3.8, 4) is 0 Å². The smallest absolute Gasteiger partial charge is 0.220 e. The van der Waals surface area contributed by atoms with Crippen LogP contribution in [0.15, 0.2) is 6.07 Å². The summed E-state index contributed by atoms with van der Waals surface area (Å²) in [4.78, 5) is 11.8. The summed E-state index contributed by atoms with van der Waals surface area (Å²) in [6.45, 7) is 2.40. The van der Waals surface area contributed by atoms with Gasteiger partial charge in [0.25, 0.3) is 0 Å². The van der Waals surface area contributed by atoms with Gasteiger partial charge < -0.3 is 10.1 Å². The Labute approximate surface area is 143 Å². The Morgan fingerprint density at radius 1 is 1.33 bits per heavy atom. The molecule has 9 heteroatoms. The molecule has 0 saturated carbocycles. The predicted octanol–water partition coefficient (Wildman–Crippen LogP) is 0.481. The number of carbonyl (C=O) groups is 1. The van der Waals surface area contributed by atoms with E-state index in [2.05, 4.69) is 10.4 Å². The lowest BCUT2D eigenvalue weighted by atomic mass is 10.2. The van der Waals surface area contributed by atoms with E-state index < -0.39 is 10.0 Å². The molecule has 0 aromatic carbocycles. The van der Waals surface area contributed by atoms with E-state index >= 15 is 0 Å². The molecule has 0 radical (unpaired) electrons. The minimum Gasteiger partial charge on any atom is -0.385 e. The molecule has 0 bridgehead atoms. The van der Waals surface area contributed by atoms with Crippen LogP contribution in [0, 0.1) is 0 Å². The molecule has 0 aliphatic carbocycles. The molecule has 2 heterocycles. The maximum Gasteiger partial charge on any atom is 0.220 e. The Hall–Kier alpha value is -1.45. The highest BCUT2D eigenvalue weighted by Gasteiger charge is 2.24. The van der Waals surface area contributed by atoms with Crippen molar-refractivity contribution in [2.24, 2.45) is 0 Å². The number of ether oxygens (including phenoxy) is 1. The molecule has 1 N–H and O–H groups in total. The number of hydrogen-bond donors (Lipinski definition) is 1. The number of nitrogens with zero attached hydrogens (tertiary/aromatic N) is 3. The summed E-state index contributed by atoms with van der Waals surface area (Å²) in [5.74, 6) is 0.0103. The molecule has 24 heavy (non-hydrogen) atoms. The van der Waals surface area contributed by atoms with E-state index in [1.165, 1.54) is 10.6 Å². The van der Waals surface area contributed by atoms with Crippen LogP contribution in [0.5, 0.6) is 0 Å². The Morgan fingerprint density at radius 2 is 2.12 bits per heavy atom. The molecule has 0 saturated heterocycles. The van der Waals surface area contributed by atoms with Crippen LogP contribution in [0.1, 0.15) is 37.1 Å². The number of sulfonamides is 1. The molecule has 1 aliphatic rings. The van der Waals surface area contributed by atoms with Gasteiger partial charge in [-0.2, -0.15) is 9.40 Å². The van der Waals surface area contributed by atoms with Gasteiger partial charge >= 0.3 is 0 Å². The molecule has 1 aromatic heterocycles. The second kappa shape index (κ2) is 8.59. The predicted molar refractivity (Wildman–Crippen MR) is 89.7 cm³/mol. The Bertz CT molecular complexity index is 656. The molecule has 2 rings (SSSR count).